The first-order valence-electron chi connectivity index (χ1n) is 10.1. The molecule has 3 aromatic rings. The van der Waals surface area contributed by atoms with Crippen LogP contribution < -0.4 is 4.74 Å². The Balaban J connectivity index is 1.34. The summed E-state index contributed by atoms with van der Waals surface area (Å²) in [6.07, 6.45) is 0. The average molecular weight is 444 g/mol. The molecule has 2 heterocycles. The highest BCUT2D eigenvalue weighted by atomic mass is 32.1. The average Bonchev–Trinajstić information content (AvgIpc) is 3.23. The van der Waals surface area contributed by atoms with E-state index in [9.17, 15) is 13.6 Å². The fourth-order valence-electron chi connectivity index (χ4n) is 3.56. The maximum atomic E-state index is 12.8. The van der Waals surface area contributed by atoms with Crippen molar-refractivity contribution >= 4 is 17.2 Å². The lowest BCUT2D eigenvalue weighted by molar-refractivity contribution is -0.0503. The molecule has 0 unspecified atom stereocenters. The molecule has 1 amide bonds. The molecule has 1 aliphatic rings. The highest BCUT2D eigenvalue weighted by molar-refractivity contribution is 7.13. The third-order valence-electron chi connectivity index (χ3n) is 5.23. The molecule has 162 valence electrons. The number of halogens is 2. The SMILES string of the molecule is Cc1ccc(-c2nc(CN3CCN(C(=O)c4ccccc4OC(F)F)CC3)cs2)cc1. The number of rotatable bonds is 6. The van der Waals surface area contributed by atoms with Crippen molar-refractivity contribution in [3.05, 3.63) is 70.7 Å². The van der Waals surface area contributed by atoms with Crippen LogP contribution in [-0.2, 0) is 6.54 Å². The summed E-state index contributed by atoms with van der Waals surface area (Å²) >= 11 is 1.63. The summed E-state index contributed by atoms with van der Waals surface area (Å²) < 4.78 is 29.8. The standard InChI is InChI=1S/C23H23F2N3O2S/c1-16-6-8-17(9-7-16)21-26-18(15-31-21)14-27-10-12-28(13-11-27)22(29)19-4-2-3-5-20(19)30-23(24)25/h2-9,15,23H,10-14H2,1H3. The van der Waals surface area contributed by atoms with E-state index in [4.69, 9.17) is 4.98 Å². The van der Waals surface area contributed by atoms with E-state index >= 15 is 0 Å². The molecule has 1 fully saturated rings. The Bertz CT molecular complexity index is 1030. The highest BCUT2D eigenvalue weighted by Gasteiger charge is 2.25. The van der Waals surface area contributed by atoms with Crippen LogP contribution >= 0.6 is 11.3 Å². The Kier molecular flexibility index (Phi) is 6.58. The summed E-state index contributed by atoms with van der Waals surface area (Å²) in [7, 11) is 0. The molecular weight excluding hydrogens is 420 g/mol. The smallest absolute Gasteiger partial charge is 0.387 e. The molecule has 1 aromatic heterocycles. The molecule has 1 saturated heterocycles. The molecule has 4 rings (SSSR count). The van der Waals surface area contributed by atoms with Crippen LogP contribution in [0, 0.1) is 6.92 Å². The minimum absolute atomic E-state index is 0.0870. The van der Waals surface area contributed by atoms with Gasteiger partial charge in [-0.2, -0.15) is 8.78 Å². The Morgan fingerprint density at radius 1 is 1.10 bits per heavy atom. The largest absolute Gasteiger partial charge is 0.434 e. The predicted octanol–water partition coefficient (Wildman–Crippen LogP) is 4.68. The fourth-order valence-corrected chi connectivity index (χ4v) is 4.38. The van der Waals surface area contributed by atoms with E-state index in [0.717, 1.165) is 22.8 Å². The predicted molar refractivity (Wildman–Crippen MR) is 117 cm³/mol. The highest BCUT2D eigenvalue weighted by Crippen LogP contribution is 2.25. The van der Waals surface area contributed by atoms with E-state index in [2.05, 4.69) is 46.2 Å². The number of carbonyl (C=O) groups excluding carboxylic acids is 1. The Morgan fingerprint density at radius 2 is 1.81 bits per heavy atom. The number of hydrogen-bond acceptors (Lipinski definition) is 5. The van der Waals surface area contributed by atoms with Gasteiger partial charge in [0.05, 0.1) is 11.3 Å². The number of carbonyl (C=O) groups is 1. The minimum Gasteiger partial charge on any atom is -0.434 e. The van der Waals surface area contributed by atoms with Crippen molar-refractivity contribution in [2.45, 2.75) is 20.1 Å². The number of ether oxygens (including phenoxy) is 1. The van der Waals surface area contributed by atoms with Gasteiger partial charge in [-0.05, 0) is 19.1 Å². The molecule has 0 saturated carbocycles. The van der Waals surface area contributed by atoms with Crippen LogP contribution in [0.1, 0.15) is 21.6 Å². The van der Waals surface area contributed by atoms with Gasteiger partial charge in [0.15, 0.2) is 0 Å². The summed E-state index contributed by atoms with van der Waals surface area (Å²) in [5, 5.41) is 3.07. The monoisotopic (exact) mass is 443 g/mol. The summed E-state index contributed by atoms with van der Waals surface area (Å²) in [5.41, 5.74) is 3.51. The first kappa shape index (κ1) is 21.4. The molecule has 8 heteroatoms. The number of aromatic nitrogens is 1. The van der Waals surface area contributed by atoms with Crippen molar-refractivity contribution in [3.8, 4) is 16.3 Å². The second-order valence-corrected chi connectivity index (χ2v) is 8.31. The van der Waals surface area contributed by atoms with E-state index in [1.54, 1.807) is 28.4 Å². The Hall–Kier alpha value is -2.84. The first-order valence-corrected chi connectivity index (χ1v) is 10.9. The number of amides is 1. The van der Waals surface area contributed by atoms with E-state index in [0.29, 0.717) is 26.2 Å². The van der Waals surface area contributed by atoms with Gasteiger partial charge < -0.3 is 9.64 Å². The van der Waals surface area contributed by atoms with Gasteiger partial charge in [-0.15, -0.1) is 11.3 Å². The van der Waals surface area contributed by atoms with Gasteiger partial charge in [0.2, 0.25) is 0 Å². The van der Waals surface area contributed by atoms with E-state index in [-0.39, 0.29) is 17.2 Å². The van der Waals surface area contributed by atoms with Crippen LogP contribution in [0.5, 0.6) is 5.75 Å². The van der Waals surface area contributed by atoms with Crippen LogP contribution in [0.3, 0.4) is 0 Å². The molecule has 0 spiro atoms. The number of aryl methyl sites for hydroxylation is 1. The third-order valence-corrected chi connectivity index (χ3v) is 6.17. The molecule has 5 nitrogen and oxygen atoms in total. The zero-order chi connectivity index (χ0) is 21.8. The van der Waals surface area contributed by atoms with Gasteiger partial charge in [0, 0.05) is 43.7 Å². The number of benzene rings is 2. The van der Waals surface area contributed by atoms with Crippen molar-refractivity contribution < 1.29 is 18.3 Å². The summed E-state index contributed by atoms with van der Waals surface area (Å²) in [4.78, 5) is 21.5. The van der Waals surface area contributed by atoms with Gasteiger partial charge in [-0.1, -0.05) is 42.0 Å². The number of alkyl halides is 2. The zero-order valence-electron chi connectivity index (χ0n) is 17.1. The molecule has 0 N–H and O–H groups in total. The number of para-hydroxylation sites is 1. The van der Waals surface area contributed by atoms with E-state index in [1.807, 2.05) is 0 Å². The van der Waals surface area contributed by atoms with Crippen molar-refractivity contribution in [1.29, 1.82) is 0 Å². The van der Waals surface area contributed by atoms with Crippen LogP contribution in [0.2, 0.25) is 0 Å². The molecule has 1 aliphatic heterocycles. The Morgan fingerprint density at radius 3 is 2.52 bits per heavy atom. The third kappa shape index (κ3) is 5.26. The summed E-state index contributed by atoms with van der Waals surface area (Å²) in [6.45, 7) is 2.26. The van der Waals surface area contributed by atoms with E-state index < -0.39 is 6.61 Å². The second-order valence-electron chi connectivity index (χ2n) is 7.45. The molecular formula is C23H23F2N3O2S. The van der Waals surface area contributed by atoms with Crippen molar-refractivity contribution in [1.82, 2.24) is 14.8 Å². The maximum absolute atomic E-state index is 12.8. The van der Waals surface area contributed by atoms with Crippen LogP contribution in [0.4, 0.5) is 8.78 Å². The quantitative estimate of drug-likeness (QED) is 0.555. The first-order chi connectivity index (χ1) is 15.0. The number of nitrogens with zero attached hydrogens (tertiary/aromatic N) is 3. The van der Waals surface area contributed by atoms with Gasteiger partial charge in [-0.3, -0.25) is 9.69 Å². The summed E-state index contributed by atoms with van der Waals surface area (Å²) in [5.74, 6) is -0.373. The molecule has 0 bridgehead atoms. The zero-order valence-corrected chi connectivity index (χ0v) is 17.9. The summed E-state index contributed by atoms with van der Waals surface area (Å²) in [6, 6.07) is 14.5. The van der Waals surface area contributed by atoms with E-state index in [1.165, 1.54) is 17.7 Å². The molecule has 2 aromatic carbocycles. The lowest BCUT2D eigenvalue weighted by Gasteiger charge is -2.34. The van der Waals surface area contributed by atoms with Gasteiger partial charge in [0.25, 0.3) is 5.91 Å². The molecule has 0 radical (unpaired) electrons. The number of hydrogen-bond donors (Lipinski definition) is 0. The van der Waals surface area contributed by atoms with Crippen molar-refractivity contribution in [2.75, 3.05) is 26.2 Å². The van der Waals surface area contributed by atoms with Crippen LogP contribution in [-0.4, -0.2) is 53.5 Å². The fraction of sp³-hybridized carbons (Fsp3) is 0.304. The number of piperazine rings is 1. The van der Waals surface area contributed by atoms with Crippen LogP contribution in [0.15, 0.2) is 53.9 Å². The minimum atomic E-state index is -2.96. The van der Waals surface area contributed by atoms with Gasteiger partial charge in [0.1, 0.15) is 10.8 Å². The number of thiazole rings is 1. The van der Waals surface area contributed by atoms with Crippen molar-refractivity contribution in [3.63, 3.8) is 0 Å². The molecule has 0 aliphatic carbocycles. The van der Waals surface area contributed by atoms with Crippen LogP contribution in [0.25, 0.3) is 10.6 Å². The lowest BCUT2D eigenvalue weighted by Crippen LogP contribution is -2.48. The maximum Gasteiger partial charge on any atom is 0.387 e. The Labute approximate surface area is 183 Å². The molecule has 0 atom stereocenters. The lowest BCUT2D eigenvalue weighted by atomic mass is 10.1. The topological polar surface area (TPSA) is 45.7 Å². The second kappa shape index (κ2) is 9.53. The van der Waals surface area contributed by atoms with Gasteiger partial charge in [-0.25, -0.2) is 4.98 Å². The molecule has 31 heavy (non-hydrogen) atoms. The van der Waals surface area contributed by atoms with Gasteiger partial charge >= 0.3 is 6.61 Å². The normalized spacial score (nSPS) is 14.8. The van der Waals surface area contributed by atoms with Crippen molar-refractivity contribution in [2.24, 2.45) is 0 Å².